The Bertz CT molecular complexity index is 410. The molecule has 5 heteroatoms. The molecule has 0 unspecified atom stereocenters. The van der Waals surface area contributed by atoms with E-state index in [1.165, 1.54) is 0 Å². The SMILES string of the molecule is Nc1cc(-c2ccc(Br)nc2)on1. The van der Waals surface area contributed by atoms with Crippen LogP contribution in [0.2, 0.25) is 0 Å². The fourth-order valence-electron chi connectivity index (χ4n) is 0.947. The number of halogens is 1. The second-order valence-electron chi connectivity index (χ2n) is 2.49. The molecule has 0 atom stereocenters. The zero-order valence-corrected chi connectivity index (χ0v) is 8.15. The van der Waals surface area contributed by atoms with Crippen LogP contribution >= 0.6 is 15.9 Å². The predicted octanol–water partition coefficient (Wildman–Crippen LogP) is 2.08. The van der Waals surface area contributed by atoms with Crippen molar-refractivity contribution in [3.05, 3.63) is 29.0 Å². The molecule has 2 aromatic heterocycles. The van der Waals surface area contributed by atoms with Gasteiger partial charge < -0.3 is 10.3 Å². The van der Waals surface area contributed by atoms with Crippen LogP contribution in [-0.2, 0) is 0 Å². The number of nitrogens with zero attached hydrogens (tertiary/aromatic N) is 2. The van der Waals surface area contributed by atoms with E-state index in [-0.39, 0.29) is 0 Å². The molecule has 0 spiro atoms. The quantitative estimate of drug-likeness (QED) is 0.775. The van der Waals surface area contributed by atoms with Gasteiger partial charge in [0.15, 0.2) is 11.6 Å². The topological polar surface area (TPSA) is 64.9 Å². The van der Waals surface area contributed by atoms with Crippen molar-refractivity contribution < 1.29 is 4.52 Å². The summed E-state index contributed by atoms with van der Waals surface area (Å²) in [6.45, 7) is 0. The maximum absolute atomic E-state index is 5.41. The van der Waals surface area contributed by atoms with Crippen LogP contribution in [0.5, 0.6) is 0 Å². The first-order valence-corrected chi connectivity index (χ1v) is 4.39. The first-order valence-electron chi connectivity index (χ1n) is 3.60. The Morgan fingerprint density at radius 2 is 2.23 bits per heavy atom. The van der Waals surface area contributed by atoms with Crippen LogP contribution in [0.1, 0.15) is 0 Å². The largest absolute Gasteiger partial charge is 0.381 e. The fraction of sp³-hybridized carbons (Fsp3) is 0. The van der Waals surface area contributed by atoms with Crippen molar-refractivity contribution >= 4 is 21.7 Å². The lowest BCUT2D eigenvalue weighted by Gasteiger charge is -1.93. The minimum atomic E-state index is 0.373. The Balaban J connectivity index is 2.41. The lowest BCUT2D eigenvalue weighted by atomic mass is 10.2. The molecule has 0 aliphatic rings. The van der Waals surface area contributed by atoms with Crippen molar-refractivity contribution in [1.29, 1.82) is 0 Å². The standard InChI is InChI=1S/C8H6BrN3O/c9-7-2-1-5(4-11-7)6-3-8(10)12-13-6/h1-4H,(H2,10,12). The summed E-state index contributed by atoms with van der Waals surface area (Å²) >= 11 is 3.24. The maximum atomic E-state index is 5.41. The molecule has 0 fully saturated rings. The molecule has 0 radical (unpaired) electrons. The molecule has 0 saturated carbocycles. The van der Waals surface area contributed by atoms with Gasteiger partial charge in [-0.15, -0.1) is 0 Å². The number of nitrogen functional groups attached to an aromatic ring is 1. The van der Waals surface area contributed by atoms with Crippen LogP contribution in [-0.4, -0.2) is 10.1 Å². The van der Waals surface area contributed by atoms with E-state index in [9.17, 15) is 0 Å². The van der Waals surface area contributed by atoms with Gasteiger partial charge in [0.2, 0.25) is 0 Å². The molecule has 4 nitrogen and oxygen atoms in total. The molecule has 2 aromatic rings. The molecule has 66 valence electrons. The van der Waals surface area contributed by atoms with E-state index in [1.807, 2.05) is 12.1 Å². The lowest BCUT2D eigenvalue weighted by molar-refractivity contribution is 0.435. The van der Waals surface area contributed by atoms with Crippen molar-refractivity contribution in [2.24, 2.45) is 0 Å². The molecule has 0 saturated heterocycles. The zero-order chi connectivity index (χ0) is 9.26. The van der Waals surface area contributed by atoms with E-state index in [2.05, 4.69) is 26.1 Å². The van der Waals surface area contributed by atoms with Gasteiger partial charge in [0.1, 0.15) is 4.60 Å². The second kappa shape index (κ2) is 3.18. The van der Waals surface area contributed by atoms with Crippen molar-refractivity contribution in [3.63, 3.8) is 0 Å². The van der Waals surface area contributed by atoms with Crippen LogP contribution in [0.25, 0.3) is 11.3 Å². The number of pyridine rings is 1. The van der Waals surface area contributed by atoms with Gasteiger partial charge in [0.25, 0.3) is 0 Å². The third-order valence-corrected chi connectivity index (χ3v) is 2.01. The molecule has 2 rings (SSSR count). The van der Waals surface area contributed by atoms with Gasteiger partial charge >= 0.3 is 0 Å². The second-order valence-corrected chi connectivity index (χ2v) is 3.30. The molecule has 13 heavy (non-hydrogen) atoms. The molecule has 0 bridgehead atoms. The van der Waals surface area contributed by atoms with Crippen LogP contribution < -0.4 is 5.73 Å². The molecule has 0 aliphatic heterocycles. The van der Waals surface area contributed by atoms with Crippen molar-refractivity contribution in [3.8, 4) is 11.3 Å². The van der Waals surface area contributed by atoms with Gasteiger partial charge in [-0.3, -0.25) is 0 Å². The van der Waals surface area contributed by atoms with Gasteiger partial charge in [0, 0.05) is 17.8 Å². The van der Waals surface area contributed by atoms with Gasteiger partial charge in [-0.05, 0) is 28.1 Å². The number of rotatable bonds is 1. The first-order chi connectivity index (χ1) is 6.25. The van der Waals surface area contributed by atoms with E-state index in [4.69, 9.17) is 10.3 Å². The third kappa shape index (κ3) is 1.70. The average Bonchev–Trinajstić information content (AvgIpc) is 2.53. The molecular formula is C8H6BrN3O. The first kappa shape index (κ1) is 8.25. The van der Waals surface area contributed by atoms with E-state index >= 15 is 0 Å². The number of hydrogen-bond acceptors (Lipinski definition) is 4. The highest BCUT2D eigenvalue weighted by atomic mass is 79.9. The van der Waals surface area contributed by atoms with Gasteiger partial charge in [0.05, 0.1) is 0 Å². The lowest BCUT2D eigenvalue weighted by Crippen LogP contribution is -1.80. The summed E-state index contributed by atoms with van der Waals surface area (Å²) in [6.07, 6.45) is 1.68. The Hall–Kier alpha value is -1.36. The summed E-state index contributed by atoms with van der Waals surface area (Å²) in [6, 6.07) is 5.36. The van der Waals surface area contributed by atoms with E-state index < -0.39 is 0 Å². The average molecular weight is 240 g/mol. The van der Waals surface area contributed by atoms with E-state index in [0.29, 0.717) is 11.6 Å². The summed E-state index contributed by atoms with van der Waals surface area (Å²) in [7, 11) is 0. The van der Waals surface area contributed by atoms with Crippen molar-refractivity contribution in [2.75, 3.05) is 5.73 Å². The summed E-state index contributed by atoms with van der Waals surface area (Å²) in [5, 5.41) is 3.58. The summed E-state index contributed by atoms with van der Waals surface area (Å²) in [5.41, 5.74) is 6.27. The third-order valence-electron chi connectivity index (χ3n) is 1.54. The number of hydrogen-bond donors (Lipinski definition) is 1. The Morgan fingerprint density at radius 3 is 2.77 bits per heavy atom. The van der Waals surface area contributed by atoms with Crippen molar-refractivity contribution in [1.82, 2.24) is 10.1 Å². The normalized spacial score (nSPS) is 10.2. The number of anilines is 1. The molecule has 0 amide bonds. The minimum absolute atomic E-state index is 0.373. The predicted molar refractivity (Wildman–Crippen MR) is 51.8 cm³/mol. The number of nitrogens with two attached hydrogens (primary N) is 1. The monoisotopic (exact) mass is 239 g/mol. The maximum Gasteiger partial charge on any atom is 0.170 e. The highest BCUT2D eigenvalue weighted by molar-refractivity contribution is 9.10. The van der Waals surface area contributed by atoms with Crippen LogP contribution in [0.3, 0.4) is 0 Å². The summed E-state index contributed by atoms with van der Waals surface area (Å²) in [4.78, 5) is 4.05. The Labute approximate surface area is 82.9 Å². The molecule has 2 heterocycles. The van der Waals surface area contributed by atoms with Gasteiger partial charge in [-0.25, -0.2) is 4.98 Å². The Kier molecular flexibility index (Phi) is 2.02. The van der Waals surface area contributed by atoms with Crippen molar-refractivity contribution in [2.45, 2.75) is 0 Å². The molecular weight excluding hydrogens is 234 g/mol. The zero-order valence-electron chi connectivity index (χ0n) is 6.57. The van der Waals surface area contributed by atoms with Crippen LogP contribution in [0.15, 0.2) is 33.5 Å². The Morgan fingerprint density at radius 1 is 1.38 bits per heavy atom. The van der Waals surface area contributed by atoms with E-state index in [1.54, 1.807) is 12.3 Å². The summed E-state index contributed by atoms with van der Waals surface area (Å²) < 4.78 is 5.74. The van der Waals surface area contributed by atoms with Gasteiger partial charge in [-0.2, -0.15) is 0 Å². The molecule has 0 aromatic carbocycles. The molecule has 2 N–H and O–H groups in total. The highest BCUT2D eigenvalue weighted by Gasteiger charge is 2.03. The highest BCUT2D eigenvalue weighted by Crippen LogP contribution is 2.21. The molecule has 0 aliphatic carbocycles. The fourth-order valence-corrected chi connectivity index (χ4v) is 1.18. The van der Waals surface area contributed by atoms with Crippen LogP contribution in [0, 0.1) is 0 Å². The van der Waals surface area contributed by atoms with E-state index in [0.717, 1.165) is 10.2 Å². The minimum Gasteiger partial charge on any atom is -0.381 e. The smallest absolute Gasteiger partial charge is 0.170 e. The summed E-state index contributed by atoms with van der Waals surface area (Å²) in [5.74, 6) is 0.996. The van der Waals surface area contributed by atoms with Gasteiger partial charge in [-0.1, -0.05) is 5.16 Å². The number of aromatic nitrogens is 2. The van der Waals surface area contributed by atoms with Crippen LogP contribution in [0.4, 0.5) is 5.82 Å².